The third kappa shape index (κ3) is 3.20. The summed E-state index contributed by atoms with van der Waals surface area (Å²) in [4.78, 5) is 37.0. The Balaban J connectivity index is 2.04. The quantitative estimate of drug-likeness (QED) is 0.775. The van der Waals surface area contributed by atoms with E-state index in [4.69, 9.17) is 4.74 Å². The molecule has 0 aromatic heterocycles. The molecule has 2 aliphatic rings. The number of ether oxygens (including phenoxy) is 1. The molecule has 6 nitrogen and oxygen atoms in total. The van der Waals surface area contributed by atoms with Crippen LogP contribution in [0.15, 0.2) is 0 Å². The number of carbonyl (C=O) groups excluding carboxylic acids is 3. The van der Waals surface area contributed by atoms with Crippen LogP contribution in [-0.4, -0.2) is 53.0 Å². The predicted octanol–water partition coefficient (Wildman–Crippen LogP) is 0.756. The molecule has 0 spiro atoms. The number of thioether (sulfide) groups is 1. The normalized spacial score (nSPS) is 27.0. The van der Waals surface area contributed by atoms with Crippen LogP contribution in [0.1, 0.15) is 26.2 Å². The van der Waals surface area contributed by atoms with Crippen LogP contribution in [0.25, 0.3) is 0 Å². The van der Waals surface area contributed by atoms with Gasteiger partial charge in [-0.05, 0) is 26.2 Å². The van der Waals surface area contributed by atoms with E-state index in [1.165, 1.54) is 0 Å². The largest absolute Gasteiger partial charge is 0.464 e. The summed E-state index contributed by atoms with van der Waals surface area (Å²) >= 11 is 1.10. The van der Waals surface area contributed by atoms with Crippen molar-refractivity contribution < 1.29 is 19.1 Å². The van der Waals surface area contributed by atoms with Crippen molar-refractivity contribution in [2.75, 3.05) is 18.9 Å². The van der Waals surface area contributed by atoms with Crippen LogP contribution in [0.3, 0.4) is 0 Å². The Morgan fingerprint density at radius 3 is 2.89 bits per heavy atom. The molecule has 2 unspecified atom stereocenters. The second-order valence-corrected chi connectivity index (χ2v) is 5.58. The van der Waals surface area contributed by atoms with E-state index in [-0.39, 0.29) is 17.1 Å². The number of hydrogen-bond donors (Lipinski definition) is 1. The van der Waals surface area contributed by atoms with Crippen LogP contribution in [0.5, 0.6) is 0 Å². The Kier molecular flexibility index (Phi) is 4.68. The zero-order valence-corrected chi connectivity index (χ0v) is 11.7. The number of piperidine rings is 1. The summed E-state index contributed by atoms with van der Waals surface area (Å²) < 4.78 is 5.02. The molecule has 2 fully saturated rings. The minimum Gasteiger partial charge on any atom is -0.464 e. The molecule has 2 rings (SSSR count). The Bertz CT molecular complexity index is 388. The topological polar surface area (TPSA) is 75.7 Å². The summed E-state index contributed by atoms with van der Waals surface area (Å²) in [5, 5.41) is 2.45. The van der Waals surface area contributed by atoms with Gasteiger partial charge in [0.1, 0.15) is 12.1 Å². The molecule has 2 amide bonds. The zero-order chi connectivity index (χ0) is 13.8. The molecule has 1 N–H and O–H groups in total. The fourth-order valence-electron chi connectivity index (χ4n) is 2.40. The fourth-order valence-corrected chi connectivity index (χ4v) is 3.17. The molecule has 0 radical (unpaired) electrons. The van der Waals surface area contributed by atoms with Gasteiger partial charge in [-0.1, -0.05) is 11.8 Å². The van der Waals surface area contributed by atoms with Crippen molar-refractivity contribution in [3.63, 3.8) is 0 Å². The van der Waals surface area contributed by atoms with Crippen molar-refractivity contribution in [3.05, 3.63) is 0 Å². The van der Waals surface area contributed by atoms with E-state index in [2.05, 4.69) is 5.32 Å². The molecule has 0 bridgehead atoms. The van der Waals surface area contributed by atoms with Gasteiger partial charge in [-0.15, -0.1) is 0 Å². The van der Waals surface area contributed by atoms with Crippen LogP contribution in [0, 0.1) is 0 Å². The number of amides is 2. The predicted molar refractivity (Wildman–Crippen MR) is 70.8 cm³/mol. The van der Waals surface area contributed by atoms with E-state index >= 15 is 0 Å². The van der Waals surface area contributed by atoms with Gasteiger partial charge in [0.15, 0.2) is 0 Å². The highest BCUT2D eigenvalue weighted by atomic mass is 32.2. The highest BCUT2D eigenvalue weighted by Gasteiger charge is 2.38. The second kappa shape index (κ2) is 6.27. The van der Waals surface area contributed by atoms with Gasteiger partial charge in [0.25, 0.3) is 5.24 Å². The summed E-state index contributed by atoms with van der Waals surface area (Å²) in [7, 11) is 0. The van der Waals surface area contributed by atoms with Gasteiger partial charge >= 0.3 is 5.97 Å². The maximum absolute atomic E-state index is 12.4. The average molecular weight is 286 g/mol. The monoisotopic (exact) mass is 286 g/mol. The van der Waals surface area contributed by atoms with Crippen LogP contribution < -0.4 is 5.32 Å². The third-order valence-corrected chi connectivity index (χ3v) is 4.20. The van der Waals surface area contributed by atoms with Crippen molar-refractivity contribution in [1.82, 2.24) is 10.2 Å². The number of carbonyl (C=O) groups is 3. The lowest BCUT2D eigenvalue weighted by Crippen LogP contribution is -2.54. The zero-order valence-electron chi connectivity index (χ0n) is 10.9. The standard InChI is InChI=1S/C12H18N2O4S/c1-2-18-11(16)9-5-3-4-6-14(9)10(15)8-7-19-12(17)13-8/h8-9H,2-7H2,1H3,(H,13,17). The number of nitrogens with zero attached hydrogens (tertiary/aromatic N) is 1. The minimum atomic E-state index is -0.507. The minimum absolute atomic E-state index is 0.170. The van der Waals surface area contributed by atoms with Crippen molar-refractivity contribution in [1.29, 1.82) is 0 Å². The fraction of sp³-hybridized carbons (Fsp3) is 0.750. The van der Waals surface area contributed by atoms with E-state index in [9.17, 15) is 14.4 Å². The van der Waals surface area contributed by atoms with Gasteiger partial charge in [-0.3, -0.25) is 9.59 Å². The smallest absolute Gasteiger partial charge is 0.328 e. The first-order valence-electron chi connectivity index (χ1n) is 6.54. The molecule has 7 heteroatoms. The number of nitrogens with one attached hydrogen (secondary N) is 1. The lowest BCUT2D eigenvalue weighted by molar-refractivity contribution is -0.157. The molecule has 0 saturated carbocycles. The molecular weight excluding hydrogens is 268 g/mol. The Morgan fingerprint density at radius 2 is 2.26 bits per heavy atom. The molecule has 19 heavy (non-hydrogen) atoms. The van der Waals surface area contributed by atoms with Crippen molar-refractivity contribution in [2.45, 2.75) is 38.3 Å². The highest BCUT2D eigenvalue weighted by Crippen LogP contribution is 2.22. The molecule has 0 aromatic rings. The summed E-state index contributed by atoms with van der Waals surface area (Å²) in [6.45, 7) is 2.62. The first-order chi connectivity index (χ1) is 9.13. The first kappa shape index (κ1) is 14.2. The van der Waals surface area contributed by atoms with Gasteiger partial charge in [0, 0.05) is 12.3 Å². The molecule has 2 saturated heterocycles. The number of hydrogen-bond acceptors (Lipinski definition) is 5. The van der Waals surface area contributed by atoms with E-state index in [0.29, 0.717) is 25.3 Å². The summed E-state index contributed by atoms with van der Waals surface area (Å²) in [5.74, 6) is -0.0763. The van der Waals surface area contributed by atoms with E-state index in [1.807, 2.05) is 0 Å². The Labute approximate surface area is 116 Å². The first-order valence-corrected chi connectivity index (χ1v) is 7.52. The molecule has 0 aromatic carbocycles. The van der Waals surface area contributed by atoms with E-state index < -0.39 is 12.1 Å². The van der Waals surface area contributed by atoms with Gasteiger partial charge in [-0.25, -0.2) is 4.79 Å². The van der Waals surface area contributed by atoms with Crippen LogP contribution in [-0.2, 0) is 14.3 Å². The molecule has 0 aliphatic carbocycles. The van der Waals surface area contributed by atoms with Crippen molar-refractivity contribution in [3.8, 4) is 0 Å². The lowest BCUT2D eigenvalue weighted by atomic mass is 10.0. The van der Waals surface area contributed by atoms with Gasteiger partial charge in [0.2, 0.25) is 5.91 Å². The highest BCUT2D eigenvalue weighted by molar-refractivity contribution is 8.14. The third-order valence-electron chi connectivity index (χ3n) is 3.32. The maximum Gasteiger partial charge on any atom is 0.328 e. The van der Waals surface area contributed by atoms with Crippen LogP contribution in [0.2, 0.25) is 0 Å². The Hall–Kier alpha value is -1.24. The number of likely N-dealkylation sites (tertiary alicyclic amines) is 1. The summed E-state index contributed by atoms with van der Waals surface area (Å²) in [5.41, 5.74) is 0. The van der Waals surface area contributed by atoms with E-state index in [0.717, 1.165) is 24.6 Å². The van der Waals surface area contributed by atoms with Gasteiger partial charge in [0.05, 0.1) is 6.61 Å². The summed E-state index contributed by atoms with van der Waals surface area (Å²) in [6.07, 6.45) is 2.44. The van der Waals surface area contributed by atoms with Crippen molar-refractivity contribution >= 4 is 28.9 Å². The molecule has 2 atom stereocenters. The SMILES string of the molecule is CCOC(=O)C1CCCCN1C(=O)C1CSC(=O)N1. The molecule has 2 aliphatic heterocycles. The van der Waals surface area contributed by atoms with Gasteiger partial charge in [-0.2, -0.15) is 0 Å². The van der Waals surface area contributed by atoms with E-state index in [1.54, 1.807) is 11.8 Å². The Morgan fingerprint density at radius 1 is 1.47 bits per heavy atom. The average Bonchev–Trinajstić information content (AvgIpc) is 2.85. The van der Waals surface area contributed by atoms with Crippen LogP contribution >= 0.6 is 11.8 Å². The number of esters is 1. The van der Waals surface area contributed by atoms with Crippen molar-refractivity contribution in [2.24, 2.45) is 0 Å². The molecule has 2 heterocycles. The maximum atomic E-state index is 12.4. The second-order valence-electron chi connectivity index (χ2n) is 4.59. The molecule has 106 valence electrons. The van der Waals surface area contributed by atoms with Crippen LogP contribution in [0.4, 0.5) is 4.79 Å². The molecular formula is C12H18N2O4S. The van der Waals surface area contributed by atoms with Gasteiger partial charge < -0.3 is 15.0 Å². The number of rotatable bonds is 3. The lowest BCUT2D eigenvalue weighted by Gasteiger charge is -2.35. The summed E-state index contributed by atoms with van der Waals surface area (Å²) in [6, 6.07) is -1.00.